The number of benzene rings is 2. The van der Waals surface area contributed by atoms with Crippen molar-refractivity contribution in [2.45, 2.75) is 0 Å². The number of ether oxygens (including phenoxy) is 2. The summed E-state index contributed by atoms with van der Waals surface area (Å²) in [4.78, 5) is 12.2. The zero-order chi connectivity index (χ0) is 15.5. The molecular weight excluding hydrogens is 280 g/mol. The number of allylic oxidation sites excluding steroid dienone is 1. The second kappa shape index (κ2) is 5.77. The van der Waals surface area contributed by atoms with Gasteiger partial charge in [0.1, 0.15) is 23.9 Å². The molecule has 2 aromatic rings. The maximum Gasteiger partial charge on any atom is 0.231 e. The summed E-state index contributed by atoms with van der Waals surface area (Å²) in [5.74, 6) is 1.22. The highest BCUT2D eigenvalue weighted by molar-refractivity contribution is 6.14. The Bertz CT molecular complexity index is 757. The maximum atomic E-state index is 12.2. The Morgan fingerprint density at radius 1 is 1.18 bits per heavy atom. The van der Waals surface area contributed by atoms with Gasteiger partial charge in [-0.25, -0.2) is 0 Å². The highest BCUT2D eigenvalue weighted by Gasteiger charge is 2.27. The van der Waals surface area contributed by atoms with Gasteiger partial charge in [0.25, 0.3) is 0 Å². The molecule has 4 heteroatoms. The van der Waals surface area contributed by atoms with E-state index in [-0.39, 0.29) is 17.3 Å². The van der Waals surface area contributed by atoms with Crippen LogP contribution in [0.4, 0.5) is 0 Å². The Balaban J connectivity index is 1.82. The number of hydrogen-bond acceptors (Lipinski definition) is 4. The molecule has 0 fully saturated rings. The predicted octanol–water partition coefficient (Wildman–Crippen LogP) is 3.57. The monoisotopic (exact) mass is 294 g/mol. The molecule has 1 aliphatic rings. The van der Waals surface area contributed by atoms with Gasteiger partial charge in [-0.15, -0.1) is 0 Å². The number of fused-ring (bicyclic) bond motifs is 1. The van der Waals surface area contributed by atoms with Gasteiger partial charge in [-0.2, -0.15) is 0 Å². The Hall–Kier alpha value is -3.01. The molecule has 0 amide bonds. The molecule has 0 aromatic heterocycles. The first kappa shape index (κ1) is 13.9. The number of Topliss-reactive ketones (excluding diaryl/α,β-unsaturated/α-hetero) is 1. The molecule has 0 saturated heterocycles. The molecule has 4 nitrogen and oxygen atoms in total. The Morgan fingerprint density at radius 2 is 1.95 bits per heavy atom. The fraction of sp³-hybridized carbons (Fsp3) is 0.0556. The van der Waals surface area contributed by atoms with Crippen LogP contribution in [-0.2, 0) is 0 Å². The summed E-state index contributed by atoms with van der Waals surface area (Å²) in [5, 5.41) is 9.43. The molecule has 3 rings (SSSR count). The van der Waals surface area contributed by atoms with Crippen LogP contribution in [0.15, 0.2) is 60.9 Å². The zero-order valence-corrected chi connectivity index (χ0v) is 11.8. The molecule has 0 bridgehead atoms. The van der Waals surface area contributed by atoms with E-state index < -0.39 is 0 Å². The number of carbonyl (C=O) groups excluding carboxylic acids is 1. The standard InChI is InChI=1S/C18H14O4/c1-2-9-21-14-6-3-12(4-7-14)10-17-18(20)15-8-5-13(19)11-16(15)22-17/h2-8,10-11,19H,1,9H2. The summed E-state index contributed by atoms with van der Waals surface area (Å²) in [6, 6.07) is 11.8. The van der Waals surface area contributed by atoms with Crippen LogP contribution < -0.4 is 9.47 Å². The Labute approximate surface area is 127 Å². The number of phenols is 1. The topological polar surface area (TPSA) is 55.8 Å². The van der Waals surface area contributed by atoms with Crippen molar-refractivity contribution >= 4 is 11.9 Å². The van der Waals surface area contributed by atoms with Gasteiger partial charge in [-0.05, 0) is 35.9 Å². The molecule has 0 spiro atoms. The van der Waals surface area contributed by atoms with E-state index in [1.165, 1.54) is 12.1 Å². The number of ketones is 1. The number of aromatic hydroxyl groups is 1. The van der Waals surface area contributed by atoms with Gasteiger partial charge < -0.3 is 14.6 Å². The summed E-state index contributed by atoms with van der Waals surface area (Å²) in [6.07, 6.45) is 3.34. The first-order valence-electron chi connectivity index (χ1n) is 6.78. The molecule has 1 N–H and O–H groups in total. The van der Waals surface area contributed by atoms with Crippen LogP contribution in [0.1, 0.15) is 15.9 Å². The van der Waals surface area contributed by atoms with Gasteiger partial charge in [0.15, 0.2) is 5.76 Å². The molecule has 1 aliphatic heterocycles. The van der Waals surface area contributed by atoms with Crippen molar-refractivity contribution in [3.8, 4) is 17.2 Å². The Kier molecular flexibility index (Phi) is 3.66. The average molecular weight is 294 g/mol. The lowest BCUT2D eigenvalue weighted by molar-refractivity contribution is 0.101. The number of hydrogen-bond donors (Lipinski definition) is 1. The van der Waals surface area contributed by atoms with Crippen molar-refractivity contribution in [2.24, 2.45) is 0 Å². The first-order chi connectivity index (χ1) is 10.7. The highest BCUT2D eigenvalue weighted by atomic mass is 16.5. The zero-order valence-electron chi connectivity index (χ0n) is 11.8. The van der Waals surface area contributed by atoms with E-state index in [0.29, 0.717) is 17.9 Å². The van der Waals surface area contributed by atoms with E-state index in [2.05, 4.69) is 6.58 Å². The number of carbonyl (C=O) groups is 1. The van der Waals surface area contributed by atoms with Crippen molar-refractivity contribution in [3.05, 3.63) is 72.0 Å². The van der Waals surface area contributed by atoms with Crippen LogP contribution in [0, 0.1) is 0 Å². The SMILES string of the molecule is C=CCOc1ccc(C=C2Oc3cc(O)ccc3C2=O)cc1. The molecule has 1 heterocycles. The lowest BCUT2D eigenvalue weighted by Gasteiger charge is -2.03. The summed E-state index contributed by atoms with van der Waals surface area (Å²) in [5.41, 5.74) is 1.28. The van der Waals surface area contributed by atoms with Gasteiger partial charge >= 0.3 is 0 Å². The molecule has 0 atom stereocenters. The first-order valence-corrected chi connectivity index (χ1v) is 6.78. The summed E-state index contributed by atoms with van der Waals surface area (Å²) in [6.45, 7) is 4.03. The molecule has 22 heavy (non-hydrogen) atoms. The minimum atomic E-state index is -0.193. The van der Waals surface area contributed by atoms with Crippen LogP contribution >= 0.6 is 0 Å². The van der Waals surface area contributed by atoms with Crippen LogP contribution in [0.5, 0.6) is 17.2 Å². The molecule has 0 radical (unpaired) electrons. The highest BCUT2D eigenvalue weighted by Crippen LogP contribution is 2.34. The van der Waals surface area contributed by atoms with Gasteiger partial charge in [0.05, 0.1) is 5.56 Å². The van der Waals surface area contributed by atoms with Crippen LogP contribution in [0.3, 0.4) is 0 Å². The molecule has 0 saturated carbocycles. The van der Waals surface area contributed by atoms with Gasteiger partial charge in [0.2, 0.25) is 5.78 Å². The maximum absolute atomic E-state index is 12.2. The third-order valence-electron chi connectivity index (χ3n) is 3.20. The average Bonchev–Trinajstić information content (AvgIpc) is 2.82. The summed E-state index contributed by atoms with van der Waals surface area (Å²) >= 11 is 0. The molecule has 110 valence electrons. The predicted molar refractivity (Wildman–Crippen MR) is 83.2 cm³/mol. The molecular formula is C18H14O4. The molecule has 0 unspecified atom stereocenters. The van der Waals surface area contributed by atoms with Gasteiger partial charge in [-0.1, -0.05) is 24.8 Å². The van der Waals surface area contributed by atoms with E-state index in [1.807, 2.05) is 24.3 Å². The largest absolute Gasteiger partial charge is 0.508 e. The van der Waals surface area contributed by atoms with E-state index >= 15 is 0 Å². The van der Waals surface area contributed by atoms with Gasteiger partial charge in [-0.3, -0.25) is 4.79 Å². The third-order valence-corrected chi connectivity index (χ3v) is 3.20. The van der Waals surface area contributed by atoms with Crippen LogP contribution in [-0.4, -0.2) is 17.5 Å². The lowest BCUT2D eigenvalue weighted by atomic mass is 10.1. The minimum Gasteiger partial charge on any atom is -0.508 e. The molecule has 2 aromatic carbocycles. The third kappa shape index (κ3) is 2.72. The van der Waals surface area contributed by atoms with Crippen molar-refractivity contribution in [3.63, 3.8) is 0 Å². The second-order valence-corrected chi connectivity index (χ2v) is 4.79. The quantitative estimate of drug-likeness (QED) is 0.692. The second-order valence-electron chi connectivity index (χ2n) is 4.79. The van der Waals surface area contributed by atoms with E-state index in [4.69, 9.17) is 9.47 Å². The van der Waals surface area contributed by atoms with Crippen molar-refractivity contribution in [1.82, 2.24) is 0 Å². The van der Waals surface area contributed by atoms with Gasteiger partial charge in [0, 0.05) is 6.07 Å². The fourth-order valence-corrected chi connectivity index (χ4v) is 2.14. The summed E-state index contributed by atoms with van der Waals surface area (Å²) in [7, 11) is 0. The van der Waals surface area contributed by atoms with Crippen LogP contribution in [0.25, 0.3) is 6.08 Å². The van der Waals surface area contributed by atoms with Crippen molar-refractivity contribution in [1.29, 1.82) is 0 Å². The van der Waals surface area contributed by atoms with Crippen molar-refractivity contribution in [2.75, 3.05) is 6.61 Å². The molecule has 0 aliphatic carbocycles. The Morgan fingerprint density at radius 3 is 2.68 bits per heavy atom. The lowest BCUT2D eigenvalue weighted by Crippen LogP contribution is -1.98. The normalized spacial score (nSPS) is 14.5. The van der Waals surface area contributed by atoms with E-state index in [0.717, 1.165) is 11.3 Å². The van der Waals surface area contributed by atoms with Crippen LogP contribution in [0.2, 0.25) is 0 Å². The summed E-state index contributed by atoms with van der Waals surface area (Å²) < 4.78 is 10.9. The number of rotatable bonds is 4. The minimum absolute atomic E-state index is 0.0662. The smallest absolute Gasteiger partial charge is 0.231 e. The van der Waals surface area contributed by atoms with E-state index in [9.17, 15) is 9.90 Å². The number of phenolic OH excluding ortho intramolecular Hbond substituents is 1. The fourth-order valence-electron chi connectivity index (χ4n) is 2.14. The van der Waals surface area contributed by atoms with Crippen molar-refractivity contribution < 1.29 is 19.4 Å². The van der Waals surface area contributed by atoms with E-state index in [1.54, 1.807) is 18.2 Å².